The Bertz CT molecular complexity index is 543. The van der Waals surface area contributed by atoms with Crippen LogP contribution in [-0.2, 0) is 6.18 Å². The van der Waals surface area contributed by atoms with Crippen molar-refractivity contribution >= 4 is 17.4 Å². The molecule has 0 aliphatic carbocycles. The third kappa shape index (κ3) is 2.92. The highest BCUT2D eigenvalue weighted by molar-refractivity contribution is 7.99. The normalized spacial score (nSPS) is 11.5. The molecule has 1 aromatic heterocycles. The number of anilines is 1. The zero-order valence-electron chi connectivity index (χ0n) is 8.98. The van der Waals surface area contributed by atoms with Gasteiger partial charge in [-0.1, -0.05) is 11.8 Å². The first kappa shape index (κ1) is 12.7. The highest BCUT2D eigenvalue weighted by Gasteiger charge is 2.33. The summed E-state index contributed by atoms with van der Waals surface area (Å²) in [5.74, 6) is 0. The van der Waals surface area contributed by atoms with Gasteiger partial charge in [-0.3, -0.25) is 4.98 Å². The lowest BCUT2D eigenvalue weighted by molar-refractivity contribution is -0.139. The van der Waals surface area contributed by atoms with E-state index in [0.29, 0.717) is 5.03 Å². The average molecular weight is 271 g/mol. The van der Waals surface area contributed by atoms with Gasteiger partial charge >= 0.3 is 6.18 Å². The molecule has 0 unspecified atom stereocenters. The molecule has 1 aromatic carbocycles. The Morgan fingerprint density at radius 3 is 2.56 bits per heavy atom. The SMILES string of the molecule is Nc1ccc(Sc2cnccn2)c(C(F)(F)F)c1. The van der Waals surface area contributed by atoms with E-state index in [4.69, 9.17) is 5.73 Å². The molecule has 0 atom stereocenters. The Hall–Kier alpha value is -1.76. The number of hydrogen-bond acceptors (Lipinski definition) is 4. The van der Waals surface area contributed by atoms with Crippen LogP contribution in [0.4, 0.5) is 18.9 Å². The number of hydrogen-bond donors (Lipinski definition) is 1. The largest absolute Gasteiger partial charge is 0.417 e. The van der Waals surface area contributed by atoms with Crippen molar-refractivity contribution in [2.24, 2.45) is 0 Å². The van der Waals surface area contributed by atoms with E-state index in [-0.39, 0.29) is 10.6 Å². The molecule has 0 radical (unpaired) electrons. The van der Waals surface area contributed by atoms with E-state index in [1.165, 1.54) is 30.7 Å². The first-order chi connectivity index (χ1) is 8.47. The highest BCUT2D eigenvalue weighted by Crippen LogP contribution is 2.39. The maximum absolute atomic E-state index is 12.8. The topological polar surface area (TPSA) is 51.8 Å². The second-order valence-electron chi connectivity index (χ2n) is 3.40. The molecule has 0 saturated carbocycles. The fourth-order valence-electron chi connectivity index (χ4n) is 1.31. The van der Waals surface area contributed by atoms with E-state index in [9.17, 15) is 13.2 Å². The van der Waals surface area contributed by atoms with E-state index in [2.05, 4.69) is 9.97 Å². The number of rotatable bonds is 2. The second kappa shape index (κ2) is 4.85. The third-order valence-electron chi connectivity index (χ3n) is 2.06. The molecule has 1 heterocycles. The smallest absolute Gasteiger partial charge is 0.399 e. The van der Waals surface area contributed by atoms with Gasteiger partial charge in [0.15, 0.2) is 0 Å². The van der Waals surface area contributed by atoms with Crippen LogP contribution in [0, 0.1) is 0 Å². The van der Waals surface area contributed by atoms with Crippen molar-refractivity contribution in [1.82, 2.24) is 9.97 Å². The maximum atomic E-state index is 12.8. The fourth-order valence-corrected chi connectivity index (χ4v) is 2.18. The second-order valence-corrected chi connectivity index (χ2v) is 4.46. The fraction of sp³-hybridized carbons (Fsp3) is 0.0909. The van der Waals surface area contributed by atoms with Crippen molar-refractivity contribution in [3.05, 3.63) is 42.4 Å². The predicted octanol–water partition coefficient (Wildman–Crippen LogP) is 3.23. The van der Waals surface area contributed by atoms with E-state index in [0.717, 1.165) is 17.8 Å². The summed E-state index contributed by atoms with van der Waals surface area (Å²) in [5.41, 5.74) is 4.69. The van der Waals surface area contributed by atoms with Crippen LogP contribution in [0.3, 0.4) is 0 Å². The van der Waals surface area contributed by atoms with Gasteiger partial charge in [0.25, 0.3) is 0 Å². The Labute approximate surface area is 105 Å². The Balaban J connectivity index is 2.39. The molecule has 7 heteroatoms. The van der Waals surface area contributed by atoms with E-state index < -0.39 is 11.7 Å². The van der Waals surface area contributed by atoms with Crippen molar-refractivity contribution in [1.29, 1.82) is 0 Å². The van der Waals surface area contributed by atoms with Crippen molar-refractivity contribution in [2.45, 2.75) is 16.1 Å². The molecule has 0 spiro atoms. The summed E-state index contributed by atoms with van der Waals surface area (Å²) < 4.78 is 38.5. The van der Waals surface area contributed by atoms with E-state index in [1.807, 2.05) is 0 Å². The molecule has 2 N–H and O–H groups in total. The van der Waals surface area contributed by atoms with Crippen LogP contribution >= 0.6 is 11.8 Å². The van der Waals surface area contributed by atoms with Crippen molar-refractivity contribution in [3.8, 4) is 0 Å². The van der Waals surface area contributed by atoms with Gasteiger partial charge in [-0.15, -0.1) is 0 Å². The number of nitrogens with zero attached hydrogens (tertiary/aromatic N) is 2. The van der Waals surface area contributed by atoms with Crippen LogP contribution in [0.1, 0.15) is 5.56 Å². The summed E-state index contributed by atoms with van der Waals surface area (Å²) in [7, 11) is 0. The van der Waals surface area contributed by atoms with Crippen molar-refractivity contribution in [3.63, 3.8) is 0 Å². The van der Waals surface area contributed by atoms with Crippen LogP contribution in [0.15, 0.2) is 46.7 Å². The first-order valence-electron chi connectivity index (χ1n) is 4.87. The lowest BCUT2D eigenvalue weighted by atomic mass is 10.2. The number of benzene rings is 1. The Kier molecular flexibility index (Phi) is 3.42. The molecule has 0 amide bonds. The average Bonchev–Trinajstić information content (AvgIpc) is 2.31. The minimum Gasteiger partial charge on any atom is -0.399 e. The van der Waals surface area contributed by atoms with Crippen LogP contribution < -0.4 is 5.73 Å². The summed E-state index contributed by atoms with van der Waals surface area (Å²) in [6.07, 6.45) is -0.161. The third-order valence-corrected chi connectivity index (χ3v) is 3.06. The quantitative estimate of drug-likeness (QED) is 0.852. The minimum atomic E-state index is -4.44. The molecule has 3 nitrogen and oxygen atoms in total. The highest BCUT2D eigenvalue weighted by atomic mass is 32.2. The van der Waals surface area contributed by atoms with Crippen molar-refractivity contribution in [2.75, 3.05) is 5.73 Å². The number of aromatic nitrogens is 2. The van der Waals surface area contributed by atoms with Gasteiger partial charge in [-0.2, -0.15) is 13.2 Å². The first-order valence-corrected chi connectivity index (χ1v) is 5.69. The number of nitrogen functional groups attached to an aromatic ring is 1. The predicted molar refractivity (Wildman–Crippen MR) is 62.0 cm³/mol. The molecule has 0 aliphatic rings. The van der Waals surface area contributed by atoms with Gasteiger partial charge in [0, 0.05) is 23.0 Å². The number of nitrogens with two attached hydrogens (primary N) is 1. The molecule has 18 heavy (non-hydrogen) atoms. The van der Waals surface area contributed by atoms with Gasteiger partial charge in [0.1, 0.15) is 5.03 Å². The van der Waals surface area contributed by atoms with Crippen LogP contribution in [0.5, 0.6) is 0 Å². The molecule has 2 rings (SSSR count). The standard InChI is InChI=1S/C11H8F3N3S/c12-11(13,14)8-5-7(15)1-2-9(8)18-10-6-16-3-4-17-10/h1-6H,15H2. The lowest BCUT2D eigenvalue weighted by Gasteiger charge is -2.12. The van der Waals surface area contributed by atoms with Gasteiger partial charge in [-0.25, -0.2) is 4.98 Å². The van der Waals surface area contributed by atoms with Crippen molar-refractivity contribution < 1.29 is 13.2 Å². The molecule has 0 bridgehead atoms. The monoisotopic (exact) mass is 271 g/mol. The van der Waals surface area contributed by atoms with Crippen LogP contribution in [0.25, 0.3) is 0 Å². The molecule has 2 aromatic rings. The molecule has 94 valence electrons. The van der Waals surface area contributed by atoms with E-state index >= 15 is 0 Å². The minimum absolute atomic E-state index is 0.0530. The summed E-state index contributed by atoms with van der Waals surface area (Å²) in [6, 6.07) is 3.67. The zero-order chi connectivity index (χ0) is 13.2. The molecule has 0 saturated heterocycles. The van der Waals surface area contributed by atoms with Gasteiger partial charge in [-0.05, 0) is 18.2 Å². The Morgan fingerprint density at radius 1 is 1.17 bits per heavy atom. The van der Waals surface area contributed by atoms with Gasteiger partial charge in [0.05, 0.1) is 11.8 Å². The zero-order valence-corrected chi connectivity index (χ0v) is 9.79. The maximum Gasteiger partial charge on any atom is 0.417 e. The molecule has 0 fully saturated rings. The summed E-state index contributed by atoms with van der Waals surface area (Å²) in [4.78, 5) is 7.78. The number of alkyl halides is 3. The summed E-state index contributed by atoms with van der Waals surface area (Å²) in [5, 5.41) is 0.396. The van der Waals surface area contributed by atoms with E-state index in [1.54, 1.807) is 0 Å². The van der Waals surface area contributed by atoms with Crippen LogP contribution in [0.2, 0.25) is 0 Å². The number of halogens is 3. The van der Waals surface area contributed by atoms with Crippen LogP contribution in [-0.4, -0.2) is 9.97 Å². The lowest BCUT2D eigenvalue weighted by Crippen LogP contribution is -2.07. The molecule has 0 aliphatic heterocycles. The molecular weight excluding hydrogens is 263 g/mol. The Morgan fingerprint density at radius 2 is 1.94 bits per heavy atom. The van der Waals surface area contributed by atoms with Gasteiger partial charge in [0.2, 0.25) is 0 Å². The summed E-state index contributed by atoms with van der Waals surface area (Å²) >= 11 is 0.901. The van der Waals surface area contributed by atoms with Gasteiger partial charge < -0.3 is 5.73 Å². The molecular formula is C11H8F3N3S. The summed E-state index contributed by atoms with van der Waals surface area (Å²) in [6.45, 7) is 0.